The van der Waals surface area contributed by atoms with Gasteiger partial charge < -0.3 is 4.57 Å². The Morgan fingerprint density at radius 3 is 1.69 bits per heavy atom. The lowest BCUT2D eigenvalue weighted by Gasteiger charge is -2.15. The third-order valence-corrected chi connectivity index (χ3v) is 12.3. The van der Waals surface area contributed by atoms with Gasteiger partial charge in [-0.15, -0.1) is 11.3 Å². The minimum Gasteiger partial charge on any atom is -0.308 e. The van der Waals surface area contributed by atoms with E-state index in [-0.39, 0.29) is 0 Å². The first kappa shape index (κ1) is 29.7. The summed E-state index contributed by atoms with van der Waals surface area (Å²) in [6.07, 6.45) is 0. The highest BCUT2D eigenvalue weighted by molar-refractivity contribution is 7.27. The maximum absolute atomic E-state index is 5.39. The molecule has 0 radical (unpaired) electrons. The van der Waals surface area contributed by atoms with Crippen LogP contribution in [-0.4, -0.2) is 14.5 Å². The third-order valence-electron chi connectivity index (χ3n) is 11.2. The van der Waals surface area contributed by atoms with Crippen LogP contribution in [0.4, 0.5) is 0 Å². The summed E-state index contributed by atoms with van der Waals surface area (Å²) in [5, 5.41) is 13.6. The number of hydrogen-bond donors (Lipinski definition) is 0. The zero-order chi connectivity index (χ0) is 35.3. The van der Waals surface area contributed by atoms with Gasteiger partial charge in [0.1, 0.15) is 0 Å². The Morgan fingerprint density at radius 2 is 0.944 bits per heavy atom. The highest BCUT2D eigenvalue weighted by atomic mass is 32.1. The average Bonchev–Trinajstić information content (AvgIpc) is 3.81. The van der Waals surface area contributed by atoms with Gasteiger partial charge in [-0.05, 0) is 63.3 Å². The Labute approximate surface area is 314 Å². The molecule has 0 N–H and O–H groups in total. The van der Waals surface area contributed by atoms with Gasteiger partial charge in [0, 0.05) is 53.8 Å². The van der Waals surface area contributed by atoms with Crippen LogP contribution in [0, 0.1) is 0 Å². The highest BCUT2D eigenvalue weighted by Gasteiger charge is 2.22. The van der Waals surface area contributed by atoms with E-state index < -0.39 is 0 Å². The Bertz CT molecular complexity index is 3490. The minimum atomic E-state index is 0.716. The summed E-state index contributed by atoms with van der Waals surface area (Å²) in [6, 6.07) is 63.3. The number of fused-ring (bicyclic) bond motifs is 16. The number of thiophene rings is 1. The van der Waals surface area contributed by atoms with Gasteiger partial charge in [-0.2, -0.15) is 0 Å². The van der Waals surface area contributed by atoms with E-state index in [2.05, 4.69) is 180 Å². The van der Waals surface area contributed by atoms with Crippen molar-refractivity contribution >= 4 is 96.5 Å². The van der Waals surface area contributed by atoms with Crippen molar-refractivity contribution in [2.75, 3.05) is 0 Å². The molecule has 0 spiro atoms. The molecule has 12 rings (SSSR count). The predicted octanol–water partition coefficient (Wildman–Crippen LogP) is 13.9. The molecule has 0 aliphatic carbocycles. The Hall–Kier alpha value is -6.88. The van der Waals surface area contributed by atoms with Gasteiger partial charge >= 0.3 is 0 Å². The van der Waals surface area contributed by atoms with E-state index in [9.17, 15) is 0 Å². The van der Waals surface area contributed by atoms with Crippen LogP contribution in [0.2, 0.25) is 0 Å². The summed E-state index contributed by atoms with van der Waals surface area (Å²) in [6.45, 7) is 0. The van der Waals surface area contributed by atoms with Crippen LogP contribution in [0.15, 0.2) is 176 Å². The predicted molar refractivity (Wildman–Crippen MR) is 230 cm³/mol. The van der Waals surface area contributed by atoms with Gasteiger partial charge in [0.2, 0.25) is 0 Å². The van der Waals surface area contributed by atoms with E-state index >= 15 is 0 Å². The maximum atomic E-state index is 5.39. The molecule has 3 nitrogen and oxygen atoms in total. The van der Waals surface area contributed by atoms with Gasteiger partial charge in [0.15, 0.2) is 5.82 Å². The molecular weight excluding hydrogens is 675 g/mol. The second-order valence-corrected chi connectivity index (χ2v) is 15.1. The van der Waals surface area contributed by atoms with Crippen molar-refractivity contribution in [1.29, 1.82) is 0 Å². The molecule has 0 aliphatic rings. The van der Waals surface area contributed by atoms with Crippen molar-refractivity contribution in [2.24, 2.45) is 0 Å². The van der Waals surface area contributed by atoms with Crippen molar-refractivity contribution in [3.8, 4) is 28.3 Å². The Morgan fingerprint density at radius 1 is 0.389 bits per heavy atom. The largest absolute Gasteiger partial charge is 0.308 e. The van der Waals surface area contributed by atoms with E-state index in [0.717, 1.165) is 38.8 Å². The van der Waals surface area contributed by atoms with Crippen LogP contribution in [0.25, 0.3) is 114 Å². The molecule has 9 aromatic carbocycles. The Balaban J connectivity index is 1.13. The molecule has 4 heteroatoms. The lowest BCUT2D eigenvalue weighted by atomic mass is 9.94. The molecule has 3 aromatic heterocycles. The number of hydrogen-bond acceptors (Lipinski definition) is 3. The van der Waals surface area contributed by atoms with E-state index in [0.29, 0.717) is 5.82 Å². The number of aromatic nitrogens is 3. The molecule has 0 aliphatic heterocycles. The van der Waals surface area contributed by atoms with Crippen molar-refractivity contribution in [3.63, 3.8) is 0 Å². The van der Waals surface area contributed by atoms with E-state index in [1.54, 1.807) is 0 Å². The number of benzene rings is 9. The molecule has 0 unspecified atom stereocenters. The smallest absolute Gasteiger partial charge is 0.160 e. The fourth-order valence-corrected chi connectivity index (χ4v) is 10.1. The molecular formula is C50H29N3S. The second-order valence-electron chi connectivity index (χ2n) is 14.0. The molecule has 0 atom stereocenters. The average molecular weight is 704 g/mol. The fraction of sp³-hybridized carbons (Fsp3) is 0. The van der Waals surface area contributed by atoms with Gasteiger partial charge in [-0.25, -0.2) is 9.97 Å². The summed E-state index contributed by atoms with van der Waals surface area (Å²) < 4.78 is 5.09. The summed E-state index contributed by atoms with van der Waals surface area (Å²) in [5.41, 5.74) is 7.54. The van der Waals surface area contributed by atoms with Crippen molar-refractivity contribution < 1.29 is 0 Å². The molecule has 54 heavy (non-hydrogen) atoms. The maximum Gasteiger partial charge on any atom is 0.160 e. The number of para-hydroxylation sites is 1. The first-order valence-corrected chi connectivity index (χ1v) is 19.2. The van der Waals surface area contributed by atoms with Crippen molar-refractivity contribution in [2.45, 2.75) is 0 Å². The summed E-state index contributed by atoms with van der Waals surface area (Å²) >= 11 is 1.89. The number of rotatable bonds is 3. The van der Waals surface area contributed by atoms with Crippen LogP contribution >= 0.6 is 11.3 Å². The zero-order valence-electron chi connectivity index (χ0n) is 29.0. The SMILES string of the molecule is c1ccc(-c2nc(-c3ccc(-n4c5ccccc5c5c6ccccc6c6c7ccccc7sc6c54)cc3)nc3c4ccccc4c4ccccc4c23)cc1. The summed E-state index contributed by atoms with van der Waals surface area (Å²) in [5.74, 6) is 0.716. The van der Waals surface area contributed by atoms with E-state index in [4.69, 9.17) is 9.97 Å². The van der Waals surface area contributed by atoms with Crippen molar-refractivity contribution in [3.05, 3.63) is 176 Å². The fourth-order valence-electron chi connectivity index (χ4n) is 8.86. The first-order valence-electron chi connectivity index (χ1n) is 18.3. The topological polar surface area (TPSA) is 30.7 Å². The molecule has 0 saturated heterocycles. The summed E-state index contributed by atoms with van der Waals surface area (Å²) in [4.78, 5) is 10.8. The molecule has 250 valence electrons. The first-order chi connectivity index (χ1) is 26.8. The summed E-state index contributed by atoms with van der Waals surface area (Å²) in [7, 11) is 0. The van der Waals surface area contributed by atoms with Gasteiger partial charge in [0.25, 0.3) is 0 Å². The number of nitrogens with zero attached hydrogens (tertiary/aromatic N) is 3. The van der Waals surface area contributed by atoms with Gasteiger partial charge in [0.05, 0.1) is 26.9 Å². The molecule has 0 fully saturated rings. The van der Waals surface area contributed by atoms with E-state index in [1.807, 2.05) is 11.3 Å². The van der Waals surface area contributed by atoms with Gasteiger partial charge in [-0.1, -0.05) is 140 Å². The van der Waals surface area contributed by atoms with Crippen molar-refractivity contribution in [1.82, 2.24) is 14.5 Å². The molecule has 12 aromatic rings. The highest BCUT2D eigenvalue weighted by Crippen LogP contribution is 2.48. The normalized spacial score (nSPS) is 12.1. The van der Waals surface area contributed by atoms with Crippen LogP contribution < -0.4 is 0 Å². The Kier molecular flexibility index (Phi) is 6.21. The van der Waals surface area contributed by atoms with Crippen LogP contribution in [0.3, 0.4) is 0 Å². The molecule has 3 heterocycles. The van der Waals surface area contributed by atoms with E-state index in [1.165, 1.54) is 68.9 Å². The lowest BCUT2D eigenvalue weighted by molar-refractivity contribution is 1.18. The molecule has 0 amide bonds. The lowest BCUT2D eigenvalue weighted by Crippen LogP contribution is -1.98. The van der Waals surface area contributed by atoms with Crippen LogP contribution in [0.5, 0.6) is 0 Å². The third kappa shape index (κ3) is 4.11. The second kappa shape index (κ2) is 11.3. The zero-order valence-corrected chi connectivity index (χ0v) is 29.8. The quantitative estimate of drug-likeness (QED) is 0.172. The van der Waals surface area contributed by atoms with Crippen LogP contribution in [0.1, 0.15) is 0 Å². The monoisotopic (exact) mass is 703 g/mol. The van der Waals surface area contributed by atoms with Gasteiger partial charge in [-0.3, -0.25) is 0 Å². The van der Waals surface area contributed by atoms with Crippen LogP contribution in [-0.2, 0) is 0 Å². The molecule has 0 bridgehead atoms. The minimum absolute atomic E-state index is 0.716. The molecule has 0 saturated carbocycles. The standard InChI is InChI=1S/C50H29N3S/c1-2-14-30(15-3-1)46-45-35-18-6-4-16-33(35)34-17-5-9-21-38(34)47(45)52-50(51-46)31-26-28-32(29-27-31)53-41-24-12-10-22-39(41)43-36-19-7-8-20-37(36)44-40-23-11-13-25-42(40)54-49(44)48(43)53/h1-29H.